The molecular weight excluding hydrogens is 220 g/mol. The molecule has 3 rings (SSSR count). The minimum Gasteiger partial charge on any atom is -0.350 e. The third kappa shape index (κ3) is 1.31. The van der Waals surface area contributed by atoms with Crippen LogP contribution in [0.4, 0.5) is 0 Å². The van der Waals surface area contributed by atoms with E-state index in [1.54, 1.807) is 0 Å². The smallest absolute Gasteiger partial charge is 0.304 e. The molecule has 1 aromatic carbocycles. The second kappa shape index (κ2) is 3.35. The molecule has 2 heterocycles. The van der Waals surface area contributed by atoms with E-state index in [0.717, 1.165) is 11.3 Å². The van der Waals surface area contributed by atoms with Gasteiger partial charge in [-0.15, -0.1) is 0 Å². The van der Waals surface area contributed by atoms with E-state index in [4.69, 9.17) is 0 Å². The molecule has 0 bridgehead atoms. The summed E-state index contributed by atoms with van der Waals surface area (Å²) in [5, 5.41) is 3.03. The first kappa shape index (κ1) is 9.42. The van der Waals surface area contributed by atoms with Crippen LogP contribution in [0.15, 0.2) is 40.6 Å². The van der Waals surface area contributed by atoms with E-state index < -0.39 is 0 Å². The number of thiazole rings is 1. The number of rotatable bonds is 1. The number of aromatic amines is 1. The van der Waals surface area contributed by atoms with Crippen LogP contribution in [0.5, 0.6) is 0 Å². The number of fused-ring (bicyclic) bond motifs is 1. The highest BCUT2D eigenvalue weighted by Gasteiger charge is 2.09. The Morgan fingerprint density at radius 1 is 1.31 bits per heavy atom. The maximum atomic E-state index is 11.2. The highest BCUT2D eigenvalue weighted by atomic mass is 32.1. The molecule has 0 aliphatic carbocycles. The van der Waals surface area contributed by atoms with Gasteiger partial charge < -0.3 is 9.55 Å². The van der Waals surface area contributed by atoms with Gasteiger partial charge in [0.15, 0.2) is 0 Å². The molecule has 80 valence electrons. The molecule has 3 nitrogen and oxygen atoms in total. The molecule has 1 N–H and O–H groups in total. The Bertz CT molecular complexity index is 705. The Kier molecular flexibility index (Phi) is 1.97. The molecule has 0 radical (unpaired) electrons. The van der Waals surface area contributed by atoms with Crippen molar-refractivity contribution in [3.8, 4) is 11.3 Å². The van der Waals surface area contributed by atoms with Gasteiger partial charge in [0.05, 0.1) is 5.69 Å². The standard InChI is InChI=1S/C12H10N2OS/c1-14-6-9(10-7-16-12(15)13-10)8-4-2-3-5-11(8)14/h2-7H,1H3,(H,13,15). The number of hydrogen-bond donors (Lipinski definition) is 1. The van der Waals surface area contributed by atoms with E-state index in [1.165, 1.54) is 22.2 Å². The first-order chi connectivity index (χ1) is 7.75. The van der Waals surface area contributed by atoms with Gasteiger partial charge in [0.25, 0.3) is 0 Å². The van der Waals surface area contributed by atoms with Crippen LogP contribution < -0.4 is 4.87 Å². The lowest BCUT2D eigenvalue weighted by atomic mass is 10.1. The summed E-state index contributed by atoms with van der Waals surface area (Å²) in [7, 11) is 2.01. The van der Waals surface area contributed by atoms with E-state index >= 15 is 0 Å². The molecule has 2 aromatic heterocycles. The van der Waals surface area contributed by atoms with Gasteiger partial charge in [-0.05, 0) is 6.07 Å². The molecule has 0 amide bonds. The zero-order chi connectivity index (χ0) is 11.1. The maximum Gasteiger partial charge on any atom is 0.304 e. The number of H-pyrrole nitrogens is 1. The molecule has 3 aromatic rings. The van der Waals surface area contributed by atoms with E-state index in [-0.39, 0.29) is 4.87 Å². The van der Waals surface area contributed by atoms with Crippen LogP contribution in [0.25, 0.3) is 22.2 Å². The number of nitrogens with one attached hydrogen (secondary N) is 1. The summed E-state index contributed by atoms with van der Waals surface area (Å²) in [4.78, 5) is 14.0. The van der Waals surface area contributed by atoms with Crippen LogP contribution in [0.1, 0.15) is 0 Å². The van der Waals surface area contributed by atoms with Gasteiger partial charge in [-0.25, -0.2) is 0 Å². The van der Waals surface area contributed by atoms with Crippen molar-refractivity contribution < 1.29 is 0 Å². The Morgan fingerprint density at radius 3 is 2.88 bits per heavy atom. The Hall–Kier alpha value is -1.81. The van der Waals surface area contributed by atoms with E-state index in [1.807, 2.05) is 30.8 Å². The second-order valence-corrected chi connectivity index (χ2v) is 4.57. The van der Waals surface area contributed by atoms with Crippen molar-refractivity contribution in [3.63, 3.8) is 0 Å². The first-order valence-electron chi connectivity index (χ1n) is 4.98. The summed E-state index contributed by atoms with van der Waals surface area (Å²) >= 11 is 1.20. The van der Waals surface area contributed by atoms with Gasteiger partial charge in [-0.3, -0.25) is 4.79 Å². The van der Waals surface area contributed by atoms with E-state index in [2.05, 4.69) is 21.7 Å². The summed E-state index contributed by atoms with van der Waals surface area (Å²) in [6.07, 6.45) is 2.04. The van der Waals surface area contributed by atoms with Crippen LogP contribution in [0.3, 0.4) is 0 Å². The normalized spacial score (nSPS) is 11.1. The summed E-state index contributed by atoms with van der Waals surface area (Å²) in [5.41, 5.74) is 3.15. The minimum atomic E-state index is -0.0112. The Balaban J connectivity index is 2.36. The lowest BCUT2D eigenvalue weighted by Gasteiger charge is -1.94. The molecule has 0 saturated carbocycles. The quantitative estimate of drug-likeness (QED) is 0.685. The fraction of sp³-hybridized carbons (Fsp3) is 0.0833. The Morgan fingerprint density at radius 2 is 2.12 bits per heavy atom. The highest BCUT2D eigenvalue weighted by molar-refractivity contribution is 7.07. The minimum absolute atomic E-state index is 0.0112. The number of benzene rings is 1. The van der Waals surface area contributed by atoms with Crippen molar-refractivity contribution in [1.29, 1.82) is 0 Å². The number of hydrogen-bond acceptors (Lipinski definition) is 2. The lowest BCUT2D eigenvalue weighted by molar-refractivity contribution is 0.969. The number of aryl methyl sites for hydroxylation is 1. The van der Waals surface area contributed by atoms with Gasteiger partial charge >= 0.3 is 4.87 Å². The predicted octanol–water partition coefficient (Wildman–Crippen LogP) is 2.60. The molecular formula is C12H10N2OS. The third-order valence-electron chi connectivity index (χ3n) is 2.71. The molecule has 0 unspecified atom stereocenters. The number of nitrogens with zero attached hydrogens (tertiary/aromatic N) is 1. The molecule has 0 saturated heterocycles. The summed E-state index contributed by atoms with van der Waals surface area (Å²) in [6, 6.07) is 8.17. The van der Waals surface area contributed by atoms with Crippen LogP contribution >= 0.6 is 11.3 Å². The SMILES string of the molecule is Cn1cc(-c2csc(=O)[nH]2)c2ccccc21. The fourth-order valence-electron chi connectivity index (χ4n) is 1.97. The van der Waals surface area contributed by atoms with Crippen LogP contribution in [0, 0.1) is 0 Å². The molecule has 0 aliphatic heterocycles. The van der Waals surface area contributed by atoms with E-state index in [0.29, 0.717) is 0 Å². The predicted molar refractivity (Wildman–Crippen MR) is 66.9 cm³/mol. The van der Waals surface area contributed by atoms with Gasteiger partial charge in [-0.1, -0.05) is 29.5 Å². The van der Waals surface area contributed by atoms with Gasteiger partial charge in [0, 0.05) is 35.1 Å². The van der Waals surface area contributed by atoms with Crippen molar-refractivity contribution in [2.45, 2.75) is 0 Å². The van der Waals surface area contributed by atoms with Crippen molar-refractivity contribution >= 4 is 22.2 Å². The molecule has 0 atom stereocenters. The molecule has 16 heavy (non-hydrogen) atoms. The number of para-hydroxylation sites is 1. The molecule has 0 aliphatic rings. The van der Waals surface area contributed by atoms with Crippen LogP contribution in [-0.2, 0) is 7.05 Å². The Labute approximate surface area is 96.0 Å². The van der Waals surface area contributed by atoms with Crippen molar-refractivity contribution in [3.05, 3.63) is 45.5 Å². The first-order valence-corrected chi connectivity index (χ1v) is 5.86. The van der Waals surface area contributed by atoms with E-state index in [9.17, 15) is 4.79 Å². The van der Waals surface area contributed by atoms with Crippen LogP contribution in [0.2, 0.25) is 0 Å². The zero-order valence-electron chi connectivity index (χ0n) is 8.73. The van der Waals surface area contributed by atoms with Crippen molar-refractivity contribution in [2.24, 2.45) is 7.05 Å². The third-order valence-corrected chi connectivity index (χ3v) is 3.38. The van der Waals surface area contributed by atoms with Gasteiger partial charge in [0.2, 0.25) is 0 Å². The average Bonchev–Trinajstić information content (AvgIpc) is 2.84. The summed E-state index contributed by atoms with van der Waals surface area (Å²) in [5.74, 6) is 0. The fourth-order valence-corrected chi connectivity index (χ4v) is 2.55. The molecule has 0 spiro atoms. The number of aromatic nitrogens is 2. The van der Waals surface area contributed by atoms with Gasteiger partial charge in [-0.2, -0.15) is 0 Å². The highest BCUT2D eigenvalue weighted by Crippen LogP contribution is 2.28. The van der Waals surface area contributed by atoms with Gasteiger partial charge in [0.1, 0.15) is 0 Å². The average molecular weight is 230 g/mol. The largest absolute Gasteiger partial charge is 0.350 e. The lowest BCUT2D eigenvalue weighted by Crippen LogP contribution is -1.91. The molecule has 0 fully saturated rings. The maximum absolute atomic E-state index is 11.2. The second-order valence-electron chi connectivity index (χ2n) is 3.73. The van der Waals surface area contributed by atoms with Crippen molar-refractivity contribution in [2.75, 3.05) is 0 Å². The molecule has 4 heteroatoms. The van der Waals surface area contributed by atoms with Crippen molar-refractivity contribution in [1.82, 2.24) is 9.55 Å². The monoisotopic (exact) mass is 230 g/mol. The van der Waals surface area contributed by atoms with Crippen LogP contribution in [-0.4, -0.2) is 9.55 Å². The summed E-state index contributed by atoms with van der Waals surface area (Å²) < 4.78 is 2.07. The topological polar surface area (TPSA) is 37.8 Å². The zero-order valence-corrected chi connectivity index (χ0v) is 9.54. The summed E-state index contributed by atoms with van der Waals surface area (Å²) in [6.45, 7) is 0.